The van der Waals surface area contributed by atoms with E-state index < -0.39 is 0 Å². The molecule has 18 rings (SSSR count). The summed E-state index contributed by atoms with van der Waals surface area (Å²) < 4.78 is 0. The fraction of sp³-hybridized carbons (Fsp3) is 0.0455. The van der Waals surface area contributed by atoms with Gasteiger partial charge in [0.25, 0.3) is 6.71 Å². The molecule has 0 saturated heterocycles. The molecule has 14 aromatic rings. The number of rotatable bonds is 11. The van der Waals surface area contributed by atoms with Gasteiger partial charge >= 0.3 is 0 Å². The maximum Gasteiger partial charge on any atom is 0.252 e. The summed E-state index contributed by atoms with van der Waals surface area (Å²) in [6, 6.07) is 124. The number of fused-ring (bicyclic) bond motifs is 8. The lowest BCUT2D eigenvalue weighted by molar-refractivity contribution is 0.590. The van der Waals surface area contributed by atoms with Crippen molar-refractivity contribution in [2.45, 2.75) is 45.8 Å². The molecule has 0 aliphatic carbocycles. The summed E-state index contributed by atoms with van der Waals surface area (Å²) in [7, 11) is 0. The molecule has 4 nitrogen and oxygen atoms in total. The second-order valence-electron chi connectivity index (χ2n) is 26.4. The number of hydrogen-bond donors (Lipinski definition) is 0. The molecule has 96 heavy (non-hydrogen) atoms. The van der Waals surface area contributed by atoms with Crippen LogP contribution in [-0.2, 0) is 5.41 Å². The Bertz CT molecular complexity index is 5160. The SMILES string of the molecule is CC(C)(C)c1ccc(-c2ccccc2N2c3cc4c(cc3B3c5ccccc5N(c5ccccc5)c5cc(N(c6ccccc6)c6ccccc6)cc2c53)B2c3ccccc3Sc3cc(N(c5ccc(-c6ccccc6)cc5)c5ccc(-c6ccccc6)cc5)cc(c32)S4)cc1. The van der Waals surface area contributed by atoms with E-state index in [1.54, 1.807) is 0 Å². The van der Waals surface area contributed by atoms with Crippen LogP contribution in [0, 0.1) is 0 Å². The number of hydrogen-bond acceptors (Lipinski definition) is 6. The molecule has 4 heterocycles. The Morgan fingerprint density at radius 3 is 1.29 bits per heavy atom. The van der Waals surface area contributed by atoms with Gasteiger partial charge in [-0.1, -0.05) is 280 Å². The van der Waals surface area contributed by atoms with Crippen LogP contribution in [-0.4, -0.2) is 13.4 Å². The summed E-state index contributed by atoms with van der Waals surface area (Å²) in [6.45, 7) is 6.74. The lowest BCUT2D eigenvalue weighted by Gasteiger charge is -2.46. The van der Waals surface area contributed by atoms with Crippen LogP contribution in [0.5, 0.6) is 0 Å². The number of anilines is 12. The van der Waals surface area contributed by atoms with Gasteiger partial charge in [0, 0.05) is 82.0 Å². The highest BCUT2D eigenvalue weighted by atomic mass is 32.2. The highest BCUT2D eigenvalue weighted by molar-refractivity contribution is 8.01. The fourth-order valence-corrected chi connectivity index (χ4v) is 17.7. The minimum absolute atomic E-state index is 0.00230. The Morgan fingerprint density at radius 1 is 0.271 bits per heavy atom. The first-order valence-corrected chi connectivity index (χ1v) is 34.8. The molecule has 0 saturated carbocycles. The van der Waals surface area contributed by atoms with E-state index in [4.69, 9.17) is 0 Å². The van der Waals surface area contributed by atoms with Gasteiger partial charge in [-0.3, -0.25) is 0 Å². The molecule has 14 aromatic carbocycles. The van der Waals surface area contributed by atoms with Gasteiger partial charge in [-0.25, -0.2) is 0 Å². The largest absolute Gasteiger partial charge is 0.311 e. The minimum Gasteiger partial charge on any atom is -0.311 e. The standard InChI is InChI=1S/C88H64B2N4S2/c1-88(2,3)64-47-41-63(42-48-64)72-35-19-22-38-77(72)94-79-58-83-76(57-75(79)89-73-36-20-23-39-78(73)93(67-33-17-8-18-34-67)80-53-70(54-81(94)86(80)89)91(65-29-13-6-14-30-65)66-31-15-7-16-32-66)90-74-37-21-24-40-82(74)95-84-55-71(56-85(96-83)87(84)90)92(68-49-43-61(44-50-68)59-25-9-4-10-26-59)69-51-45-62(46-52-69)60-27-11-5-12-28-60/h4-58H,1-3H3. The van der Waals surface area contributed by atoms with E-state index in [1.807, 2.05) is 23.5 Å². The van der Waals surface area contributed by atoms with Crippen molar-refractivity contribution in [3.8, 4) is 33.4 Å². The molecular weight excluding hydrogens is 1200 g/mol. The van der Waals surface area contributed by atoms with Crippen LogP contribution >= 0.6 is 23.5 Å². The van der Waals surface area contributed by atoms with Crippen LogP contribution in [0.25, 0.3) is 33.4 Å². The second kappa shape index (κ2) is 23.5. The molecule has 0 spiro atoms. The quantitative estimate of drug-likeness (QED) is 0.119. The van der Waals surface area contributed by atoms with E-state index in [0.29, 0.717) is 0 Å². The van der Waals surface area contributed by atoms with Crippen LogP contribution < -0.4 is 52.4 Å². The third kappa shape index (κ3) is 9.88. The molecule has 0 amide bonds. The average Bonchev–Trinajstić information content (AvgIpc) is 0.690. The highest BCUT2D eigenvalue weighted by Crippen LogP contribution is 2.52. The van der Waals surface area contributed by atoms with Crippen molar-refractivity contribution in [3.05, 3.63) is 339 Å². The van der Waals surface area contributed by atoms with Crippen molar-refractivity contribution < 1.29 is 0 Å². The fourth-order valence-electron chi connectivity index (χ4n) is 15.2. The van der Waals surface area contributed by atoms with Gasteiger partial charge in [0.1, 0.15) is 0 Å². The molecule has 4 aliphatic heterocycles. The molecule has 0 atom stereocenters. The Kier molecular flexibility index (Phi) is 14.2. The van der Waals surface area contributed by atoms with Gasteiger partial charge in [-0.05, 0) is 170 Å². The molecule has 0 N–H and O–H groups in total. The highest BCUT2D eigenvalue weighted by Gasteiger charge is 2.47. The van der Waals surface area contributed by atoms with Gasteiger partial charge in [0.2, 0.25) is 6.71 Å². The molecule has 0 aromatic heterocycles. The lowest BCUT2D eigenvalue weighted by atomic mass is 9.31. The van der Waals surface area contributed by atoms with Crippen molar-refractivity contribution >= 4 is 138 Å². The summed E-state index contributed by atoms with van der Waals surface area (Å²) in [5.74, 6) is 0. The van der Waals surface area contributed by atoms with Crippen molar-refractivity contribution in [1.29, 1.82) is 0 Å². The number of nitrogens with zero attached hydrogens (tertiary/aromatic N) is 4. The molecule has 0 fully saturated rings. The minimum atomic E-state index is -0.131. The summed E-state index contributed by atoms with van der Waals surface area (Å²) in [4.78, 5) is 15.2. The van der Waals surface area contributed by atoms with Crippen LogP contribution in [0.4, 0.5) is 68.2 Å². The smallest absolute Gasteiger partial charge is 0.252 e. The Balaban J connectivity index is 0.888. The van der Waals surface area contributed by atoms with Crippen molar-refractivity contribution in [1.82, 2.24) is 0 Å². The Hall–Kier alpha value is -10.9. The van der Waals surface area contributed by atoms with Gasteiger partial charge in [0.15, 0.2) is 0 Å². The van der Waals surface area contributed by atoms with Gasteiger partial charge in [-0.2, -0.15) is 0 Å². The summed E-state index contributed by atoms with van der Waals surface area (Å²) in [5, 5.41) is 0. The molecule has 0 bridgehead atoms. The van der Waals surface area contributed by atoms with E-state index in [9.17, 15) is 0 Å². The van der Waals surface area contributed by atoms with Crippen molar-refractivity contribution in [2.75, 3.05) is 19.6 Å². The number of benzene rings is 14. The van der Waals surface area contributed by atoms with E-state index >= 15 is 0 Å². The molecule has 8 heteroatoms. The Labute approximate surface area is 572 Å². The first kappa shape index (κ1) is 57.7. The monoisotopic (exact) mass is 1260 g/mol. The normalized spacial score (nSPS) is 13.0. The van der Waals surface area contributed by atoms with E-state index in [-0.39, 0.29) is 18.8 Å². The third-order valence-electron chi connectivity index (χ3n) is 19.7. The zero-order valence-electron chi connectivity index (χ0n) is 53.5. The zero-order chi connectivity index (χ0) is 64.0. The molecule has 454 valence electrons. The second-order valence-corrected chi connectivity index (χ2v) is 28.6. The number of para-hydroxylation sites is 5. The first-order chi connectivity index (χ1) is 47.3. The average molecular weight is 1260 g/mol. The molecule has 0 unspecified atom stereocenters. The topological polar surface area (TPSA) is 13.0 Å². The third-order valence-corrected chi connectivity index (χ3v) is 22.0. The Morgan fingerprint density at radius 2 is 0.708 bits per heavy atom. The molecule has 4 aliphatic rings. The van der Waals surface area contributed by atoms with E-state index in [0.717, 1.165) is 62.4 Å². The predicted molar refractivity (Wildman–Crippen MR) is 411 cm³/mol. The predicted octanol–water partition coefficient (Wildman–Crippen LogP) is 20.5. The van der Waals surface area contributed by atoms with Gasteiger partial charge in [0.05, 0.1) is 11.4 Å². The van der Waals surface area contributed by atoms with E-state index in [2.05, 4.69) is 374 Å². The molecule has 0 radical (unpaired) electrons. The summed E-state index contributed by atoms with van der Waals surface area (Å²) >= 11 is 3.84. The van der Waals surface area contributed by atoms with Gasteiger partial charge < -0.3 is 19.6 Å². The van der Waals surface area contributed by atoms with E-state index in [1.165, 1.54) is 97.1 Å². The van der Waals surface area contributed by atoms with Crippen molar-refractivity contribution in [2.24, 2.45) is 0 Å². The lowest BCUT2D eigenvalue weighted by Crippen LogP contribution is -2.64. The van der Waals surface area contributed by atoms with Crippen LogP contribution in [0.15, 0.2) is 353 Å². The van der Waals surface area contributed by atoms with Gasteiger partial charge in [-0.15, -0.1) is 0 Å². The van der Waals surface area contributed by atoms with Crippen LogP contribution in [0.1, 0.15) is 26.3 Å². The maximum atomic E-state index is 2.65. The first-order valence-electron chi connectivity index (χ1n) is 33.2. The van der Waals surface area contributed by atoms with Crippen LogP contribution in [0.2, 0.25) is 0 Å². The van der Waals surface area contributed by atoms with Crippen LogP contribution in [0.3, 0.4) is 0 Å². The van der Waals surface area contributed by atoms with Crippen molar-refractivity contribution in [3.63, 3.8) is 0 Å². The summed E-state index contributed by atoms with van der Waals surface area (Å²) in [5.41, 5.74) is 29.7. The maximum absolute atomic E-state index is 2.65. The zero-order valence-corrected chi connectivity index (χ0v) is 55.1. The summed E-state index contributed by atoms with van der Waals surface area (Å²) in [6.07, 6.45) is 0. The molecular formula is C88H64B2N4S2.